The smallest absolute Gasteiger partial charge is 0.253 e. The minimum atomic E-state index is -0.217. The van der Waals surface area contributed by atoms with Crippen molar-refractivity contribution in [3.05, 3.63) is 54.1 Å². The highest BCUT2D eigenvalue weighted by Gasteiger charge is 2.22. The first-order valence-electron chi connectivity index (χ1n) is 8.27. The SMILES string of the molecule is Nc1ccccc1N=C(CNC(=O)c1ccccc1N)C1CCOC1. The van der Waals surface area contributed by atoms with E-state index in [1.165, 1.54) is 0 Å². The molecule has 0 spiro atoms. The van der Waals surface area contributed by atoms with Gasteiger partial charge >= 0.3 is 0 Å². The van der Waals surface area contributed by atoms with Gasteiger partial charge in [-0.15, -0.1) is 0 Å². The maximum atomic E-state index is 12.4. The van der Waals surface area contributed by atoms with E-state index in [9.17, 15) is 4.79 Å². The van der Waals surface area contributed by atoms with Crippen molar-refractivity contribution in [2.45, 2.75) is 6.42 Å². The van der Waals surface area contributed by atoms with Crippen LogP contribution >= 0.6 is 0 Å². The summed E-state index contributed by atoms with van der Waals surface area (Å²) in [5.74, 6) is -0.0428. The van der Waals surface area contributed by atoms with Gasteiger partial charge in [-0.3, -0.25) is 9.79 Å². The highest BCUT2D eigenvalue weighted by molar-refractivity contribution is 6.02. The monoisotopic (exact) mass is 338 g/mol. The van der Waals surface area contributed by atoms with Crippen molar-refractivity contribution in [3.63, 3.8) is 0 Å². The van der Waals surface area contributed by atoms with Gasteiger partial charge in [0, 0.05) is 23.9 Å². The molecular formula is C19H22N4O2. The summed E-state index contributed by atoms with van der Waals surface area (Å²) < 4.78 is 5.47. The van der Waals surface area contributed by atoms with Crippen LogP contribution in [0.4, 0.5) is 17.1 Å². The maximum absolute atomic E-state index is 12.4. The van der Waals surface area contributed by atoms with Crippen molar-refractivity contribution < 1.29 is 9.53 Å². The molecule has 25 heavy (non-hydrogen) atoms. The average molecular weight is 338 g/mol. The van der Waals surface area contributed by atoms with E-state index in [4.69, 9.17) is 21.2 Å². The summed E-state index contributed by atoms with van der Waals surface area (Å²) in [4.78, 5) is 17.1. The first-order valence-corrected chi connectivity index (χ1v) is 8.27. The summed E-state index contributed by atoms with van der Waals surface area (Å²) >= 11 is 0. The molecule has 3 rings (SSSR count). The largest absolute Gasteiger partial charge is 0.398 e. The van der Waals surface area contributed by atoms with Crippen LogP contribution in [0.2, 0.25) is 0 Å². The lowest BCUT2D eigenvalue weighted by Gasteiger charge is -2.14. The molecule has 0 saturated carbocycles. The Bertz CT molecular complexity index is 782. The molecule has 2 aromatic rings. The lowest BCUT2D eigenvalue weighted by Crippen LogP contribution is -2.33. The van der Waals surface area contributed by atoms with Gasteiger partial charge in [-0.1, -0.05) is 24.3 Å². The number of nitrogens with two attached hydrogens (primary N) is 2. The number of ether oxygens (including phenoxy) is 1. The molecule has 5 N–H and O–H groups in total. The zero-order chi connectivity index (χ0) is 17.6. The van der Waals surface area contributed by atoms with Crippen LogP contribution in [0.5, 0.6) is 0 Å². The minimum absolute atomic E-state index is 0.174. The zero-order valence-corrected chi connectivity index (χ0v) is 13.9. The van der Waals surface area contributed by atoms with E-state index in [0.717, 1.165) is 12.1 Å². The molecule has 1 aliphatic heterocycles. The molecule has 1 unspecified atom stereocenters. The first-order chi connectivity index (χ1) is 12.1. The van der Waals surface area contributed by atoms with Crippen molar-refractivity contribution >= 4 is 28.7 Å². The van der Waals surface area contributed by atoms with Crippen LogP contribution in [0.3, 0.4) is 0 Å². The van der Waals surface area contributed by atoms with Crippen molar-refractivity contribution in [3.8, 4) is 0 Å². The summed E-state index contributed by atoms with van der Waals surface area (Å²) in [7, 11) is 0. The third-order valence-electron chi connectivity index (χ3n) is 4.24. The van der Waals surface area contributed by atoms with E-state index in [1.54, 1.807) is 24.3 Å². The normalized spacial score (nSPS) is 17.4. The second-order valence-electron chi connectivity index (χ2n) is 5.99. The molecule has 0 aliphatic carbocycles. The Hall–Kier alpha value is -2.86. The van der Waals surface area contributed by atoms with Crippen LogP contribution in [0.15, 0.2) is 53.5 Å². The predicted molar refractivity (Wildman–Crippen MR) is 100 cm³/mol. The van der Waals surface area contributed by atoms with Gasteiger partial charge in [0.25, 0.3) is 5.91 Å². The second-order valence-corrected chi connectivity index (χ2v) is 5.99. The third kappa shape index (κ3) is 4.16. The Morgan fingerprint density at radius 3 is 2.52 bits per heavy atom. The van der Waals surface area contributed by atoms with E-state index < -0.39 is 0 Å². The molecule has 1 saturated heterocycles. The summed E-state index contributed by atoms with van der Waals surface area (Å²) in [6.45, 7) is 1.64. The van der Waals surface area contributed by atoms with E-state index in [0.29, 0.717) is 42.4 Å². The van der Waals surface area contributed by atoms with Crippen LogP contribution in [0.1, 0.15) is 16.8 Å². The molecule has 2 aromatic carbocycles. The Labute approximate surface area is 146 Å². The maximum Gasteiger partial charge on any atom is 0.253 e. The van der Waals surface area contributed by atoms with Gasteiger partial charge in [0.2, 0.25) is 0 Å². The molecule has 0 aromatic heterocycles. The fraction of sp³-hybridized carbons (Fsp3) is 0.263. The van der Waals surface area contributed by atoms with Gasteiger partial charge in [-0.05, 0) is 30.7 Å². The fourth-order valence-corrected chi connectivity index (χ4v) is 2.79. The van der Waals surface area contributed by atoms with E-state index in [1.807, 2.05) is 24.3 Å². The lowest BCUT2D eigenvalue weighted by molar-refractivity contribution is 0.0959. The predicted octanol–water partition coefficient (Wildman–Crippen LogP) is 2.39. The number of carbonyl (C=O) groups excluding carboxylic acids is 1. The van der Waals surface area contributed by atoms with Crippen molar-refractivity contribution in [1.82, 2.24) is 5.32 Å². The topological polar surface area (TPSA) is 103 Å². The molecule has 1 fully saturated rings. The van der Waals surface area contributed by atoms with E-state index in [2.05, 4.69) is 5.32 Å². The Morgan fingerprint density at radius 2 is 1.84 bits per heavy atom. The molecule has 0 radical (unpaired) electrons. The number of hydrogen-bond acceptors (Lipinski definition) is 5. The Kier molecular flexibility index (Phi) is 5.30. The van der Waals surface area contributed by atoms with Crippen LogP contribution in [-0.2, 0) is 4.74 Å². The van der Waals surface area contributed by atoms with Crippen LogP contribution < -0.4 is 16.8 Å². The Balaban J connectivity index is 1.78. The summed E-state index contributed by atoms with van der Waals surface area (Å²) in [6.07, 6.45) is 0.884. The van der Waals surface area contributed by atoms with Gasteiger partial charge in [-0.25, -0.2) is 0 Å². The van der Waals surface area contributed by atoms with Gasteiger partial charge in [0.15, 0.2) is 0 Å². The quantitative estimate of drug-likeness (QED) is 0.575. The Morgan fingerprint density at radius 1 is 1.12 bits per heavy atom. The molecule has 1 amide bonds. The highest BCUT2D eigenvalue weighted by atomic mass is 16.5. The fourth-order valence-electron chi connectivity index (χ4n) is 2.79. The van der Waals surface area contributed by atoms with Gasteiger partial charge in [0.1, 0.15) is 0 Å². The number of rotatable bonds is 5. The number of carbonyl (C=O) groups is 1. The number of nitrogens with zero attached hydrogens (tertiary/aromatic N) is 1. The molecule has 130 valence electrons. The second kappa shape index (κ2) is 7.81. The van der Waals surface area contributed by atoms with Gasteiger partial charge in [0.05, 0.1) is 30.1 Å². The van der Waals surface area contributed by atoms with E-state index >= 15 is 0 Å². The van der Waals surface area contributed by atoms with E-state index in [-0.39, 0.29) is 11.8 Å². The highest BCUT2D eigenvalue weighted by Crippen LogP contribution is 2.24. The number of anilines is 2. The summed E-state index contributed by atoms with van der Waals surface area (Å²) in [5, 5.41) is 2.91. The molecule has 6 heteroatoms. The average Bonchev–Trinajstić information content (AvgIpc) is 3.15. The van der Waals surface area contributed by atoms with Crippen LogP contribution in [0, 0.1) is 5.92 Å². The minimum Gasteiger partial charge on any atom is -0.398 e. The first kappa shape index (κ1) is 17.0. The standard InChI is InChI=1S/C19H22N4O2/c20-15-6-2-1-5-14(15)19(24)22-11-18(13-9-10-25-12-13)23-17-8-4-3-7-16(17)21/h1-8,13H,9-12,20-21H2,(H,22,24). The van der Waals surface area contributed by atoms with Crippen molar-refractivity contribution in [2.24, 2.45) is 10.9 Å². The number of amides is 1. The van der Waals surface area contributed by atoms with Crippen LogP contribution in [-0.4, -0.2) is 31.4 Å². The number of aliphatic imine (C=N–C) groups is 1. The molecular weight excluding hydrogens is 316 g/mol. The van der Waals surface area contributed by atoms with Gasteiger partial charge in [-0.2, -0.15) is 0 Å². The molecule has 1 aliphatic rings. The van der Waals surface area contributed by atoms with Crippen molar-refractivity contribution in [2.75, 3.05) is 31.2 Å². The third-order valence-corrected chi connectivity index (χ3v) is 4.24. The molecule has 1 heterocycles. The molecule has 1 atom stereocenters. The van der Waals surface area contributed by atoms with Crippen LogP contribution in [0.25, 0.3) is 0 Å². The lowest BCUT2D eigenvalue weighted by atomic mass is 10.0. The number of benzene rings is 2. The molecule has 0 bridgehead atoms. The summed E-state index contributed by atoms with van der Waals surface area (Å²) in [5.41, 5.74) is 14.9. The van der Waals surface area contributed by atoms with Gasteiger partial charge < -0.3 is 21.5 Å². The zero-order valence-electron chi connectivity index (χ0n) is 13.9. The molecule has 6 nitrogen and oxygen atoms in total. The van der Waals surface area contributed by atoms with Crippen molar-refractivity contribution in [1.29, 1.82) is 0 Å². The summed E-state index contributed by atoms with van der Waals surface area (Å²) in [6, 6.07) is 14.4. The number of nitrogen functional groups attached to an aromatic ring is 2. The number of para-hydroxylation sites is 3. The number of hydrogen-bond donors (Lipinski definition) is 3. The number of nitrogens with one attached hydrogen (secondary N) is 1.